The zero-order valence-corrected chi connectivity index (χ0v) is 18.5. The molecule has 170 valence electrons. The summed E-state index contributed by atoms with van der Waals surface area (Å²) in [5.74, 6) is 0.131. The topological polar surface area (TPSA) is 81.9 Å². The van der Waals surface area contributed by atoms with Gasteiger partial charge in [-0.25, -0.2) is 4.98 Å². The molecule has 0 bridgehead atoms. The van der Waals surface area contributed by atoms with Gasteiger partial charge in [0.25, 0.3) is 5.91 Å². The number of aryl methyl sites for hydroxylation is 1. The fraction of sp³-hybridized carbons (Fsp3) is 0.579. The third-order valence-electron chi connectivity index (χ3n) is 4.91. The molecule has 1 aliphatic carbocycles. The highest BCUT2D eigenvalue weighted by Gasteiger charge is 2.29. The maximum Gasteiger partial charge on any atom is 0.422 e. The molecule has 3 rings (SSSR count). The Morgan fingerprint density at radius 3 is 2.74 bits per heavy atom. The Morgan fingerprint density at radius 1 is 1.35 bits per heavy atom. The van der Waals surface area contributed by atoms with E-state index in [0.29, 0.717) is 25.4 Å². The van der Waals surface area contributed by atoms with E-state index in [1.54, 1.807) is 11.8 Å². The minimum absolute atomic E-state index is 0.142. The van der Waals surface area contributed by atoms with Crippen LogP contribution in [0.4, 0.5) is 13.2 Å². The Bertz CT molecular complexity index is 903. The Balaban J connectivity index is 1.51. The van der Waals surface area contributed by atoms with Crippen molar-refractivity contribution in [3.63, 3.8) is 0 Å². The molecule has 31 heavy (non-hydrogen) atoms. The zero-order chi connectivity index (χ0) is 22.4. The summed E-state index contributed by atoms with van der Waals surface area (Å²) in [4.78, 5) is 16.0. The van der Waals surface area contributed by atoms with Crippen molar-refractivity contribution < 1.29 is 22.7 Å². The molecule has 0 atom stereocenters. The van der Waals surface area contributed by atoms with Crippen molar-refractivity contribution in [1.82, 2.24) is 25.1 Å². The first-order valence-electron chi connectivity index (χ1n) is 9.89. The second kappa shape index (κ2) is 10.5. The van der Waals surface area contributed by atoms with Crippen molar-refractivity contribution in [2.75, 3.05) is 19.4 Å². The number of pyridine rings is 1. The zero-order valence-electron chi connectivity index (χ0n) is 16.9. The summed E-state index contributed by atoms with van der Waals surface area (Å²) in [6.45, 7) is -1.11. The number of thioether (sulfide) groups is 1. The first-order valence-corrected chi connectivity index (χ1v) is 11.5. The number of amides is 1. The summed E-state index contributed by atoms with van der Waals surface area (Å²) >= 11 is 7.46. The van der Waals surface area contributed by atoms with Crippen LogP contribution in [0, 0.1) is 0 Å². The number of hydrogen-bond acceptors (Lipinski definition) is 6. The monoisotopic (exact) mass is 477 g/mol. The fourth-order valence-corrected chi connectivity index (χ4v) is 4.30. The summed E-state index contributed by atoms with van der Waals surface area (Å²) in [5.41, 5.74) is 0.142. The lowest BCUT2D eigenvalue weighted by molar-refractivity contribution is -0.154. The number of ether oxygens (including phenoxy) is 1. The third-order valence-corrected chi connectivity index (χ3v) is 5.83. The maximum absolute atomic E-state index is 12.3. The smallest absolute Gasteiger partial charge is 0.422 e. The SMILES string of the molecule is CSc1nnc(CCCNC(=O)c2cnc(OCC(F)(F)F)c(Cl)c2)n1C1CCCC1. The summed E-state index contributed by atoms with van der Waals surface area (Å²) in [6, 6.07) is 1.67. The molecule has 1 amide bonds. The molecule has 0 aliphatic heterocycles. The van der Waals surface area contributed by atoms with Gasteiger partial charge in [-0.2, -0.15) is 13.2 Å². The molecule has 2 aromatic rings. The Labute approximate surface area is 187 Å². The van der Waals surface area contributed by atoms with E-state index in [0.717, 1.165) is 30.0 Å². The van der Waals surface area contributed by atoms with Gasteiger partial charge in [-0.1, -0.05) is 36.2 Å². The van der Waals surface area contributed by atoms with Crippen molar-refractivity contribution in [2.24, 2.45) is 0 Å². The largest absolute Gasteiger partial charge is 0.467 e. The Hall–Kier alpha value is -2.01. The van der Waals surface area contributed by atoms with E-state index >= 15 is 0 Å². The van der Waals surface area contributed by atoms with Gasteiger partial charge in [0.2, 0.25) is 5.88 Å². The first-order chi connectivity index (χ1) is 14.8. The van der Waals surface area contributed by atoms with Crippen LogP contribution in [-0.4, -0.2) is 51.2 Å². The lowest BCUT2D eigenvalue weighted by atomic mass is 10.2. The quantitative estimate of drug-likeness (QED) is 0.424. The number of aromatic nitrogens is 4. The lowest BCUT2D eigenvalue weighted by Crippen LogP contribution is -2.25. The third kappa shape index (κ3) is 6.49. The van der Waals surface area contributed by atoms with Crippen LogP contribution >= 0.6 is 23.4 Å². The molecule has 0 radical (unpaired) electrons. The van der Waals surface area contributed by atoms with E-state index in [2.05, 4.69) is 29.8 Å². The summed E-state index contributed by atoms with van der Waals surface area (Å²) in [6.07, 6.45) is 4.64. The van der Waals surface area contributed by atoms with E-state index < -0.39 is 18.7 Å². The van der Waals surface area contributed by atoms with Gasteiger partial charge in [-0.05, 0) is 31.6 Å². The van der Waals surface area contributed by atoms with E-state index in [4.69, 9.17) is 11.6 Å². The van der Waals surface area contributed by atoms with E-state index in [9.17, 15) is 18.0 Å². The number of alkyl halides is 3. The van der Waals surface area contributed by atoms with Gasteiger partial charge in [0.05, 0.1) is 5.56 Å². The average molecular weight is 478 g/mol. The van der Waals surface area contributed by atoms with Crippen LogP contribution in [0.25, 0.3) is 0 Å². The second-order valence-corrected chi connectivity index (χ2v) is 8.37. The van der Waals surface area contributed by atoms with Crippen LogP contribution in [0.3, 0.4) is 0 Å². The molecule has 12 heteroatoms. The molecule has 1 fully saturated rings. The minimum Gasteiger partial charge on any atom is -0.467 e. The van der Waals surface area contributed by atoms with Crippen LogP contribution in [0.1, 0.15) is 54.3 Å². The van der Waals surface area contributed by atoms with Crippen LogP contribution in [0.15, 0.2) is 17.4 Å². The molecular weight excluding hydrogens is 455 g/mol. The number of carbonyl (C=O) groups excluding carboxylic acids is 1. The Kier molecular flexibility index (Phi) is 8.04. The highest BCUT2D eigenvalue weighted by atomic mass is 35.5. The average Bonchev–Trinajstić information content (AvgIpc) is 3.38. The number of hydrogen-bond donors (Lipinski definition) is 1. The van der Waals surface area contributed by atoms with Gasteiger partial charge in [0.1, 0.15) is 10.8 Å². The summed E-state index contributed by atoms with van der Waals surface area (Å²) in [7, 11) is 0. The maximum atomic E-state index is 12.3. The molecule has 0 unspecified atom stereocenters. The molecule has 2 heterocycles. The van der Waals surface area contributed by atoms with Gasteiger partial charge in [0, 0.05) is 25.2 Å². The first kappa shape index (κ1) is 23.6. The normalized spacial score (nSPS) is 14.7. The molecular formula is C19H23ClF3N5O2S. The standard InChI is InChI=1S/C19H23ClF3N5O2S/c1-31-18-27-26-15(28(18)13-5-2-3-6-13)7-4-8-24-16(29)12-9-14(20)17(25-10-12)30-11-19(21,22)23/h9-10,13H,2-8,11H2,1H3,(H,24,29). The van der Waals surface area contributed by atoms with E-state index in [1.807, 2.05) is 6.26 Å². The van der Waals surface area contributed by atoms with Gasteiger partial charge in [0.15, 0.2) is 11.8 Å². The van der Waals surface area contributed by atoms with Gasteiger partial charge >= 0.3 is 6.18 Å². The van der Waals surface area contributed by atoms with Crippen LogP contribution in [-0.2, 0) is 6.42 Å². The summed E-state index contributed by atoms with van der Waals surface area (Å²) in [5, 5.41) is 12.1. The van der Waals surface area contributed by atoms with Crippen LogP contribution in [0.5, 0.6) is 5.88 Å². The number of halogens is 4. The van der Waals surface area contributed by atoms with E-state index in [-0.39, 0.29) is 16.5 Å². The lowest BCUT2D eigenvalue weighted by Gasteiger charge is -2.16. The number of nitrogens with zero attached hydrogens (tertiary/aromatic N) is 4. The van der Waals surface area contributed by atoms with Crippen molar-refractivity contribution in [1.29, 1.82) is 0 Å². The number of carbonyl (C=O) groups is 1. The highest BCUT2D eigenvalue weighted by molar-refractivity contribution is 7.98. The van der Waals surface area contributed by atoms with Crippen molar-refractivity contribution >= 4 is 29.3 Å². The fourth-order valence-electron chi connectivity index (χ4n) is 3.50. The molecule has 1 aliphatic rings. The van der Waals surface area contributed by atoms with Gasteiger partial charge < -0.3 is 14.6 Å². The molecule has 0 spiro atoms. The minimum atomic E-state index is -4.50. The van der Waals surface area contributed by atoms with Crippen molar-refractivity contribution in [2.45, 2.75) is 55.9 Å². The number of rotatable bonds is 9. The van der Waals surface area contributed by atoms with Gasteiger partial charge in [-0.15, -0.1) is 10.2 Å². The molecule has 1 saturated carbocycles. The van der Waals surface area contributed by atoms with Gasteiger partial charge in [-0.3, -0.25) is 4.79 Å². The molecule has 0 aromatic carbocycles. The molecule has 7 nitrogen and oxygen atoms in total. The number of nitrogens with one attached hydrogen (secondary N) is 1. The second-order valence-electron chi connectivity index (χ2n) is 7.19. The van der Waals surface area contributed by atoms with Crippen LogP contribution < -0.4 is 10.1 Å². The molecule has 0 saturated heterocycles. The predicted molar refractivity (Wildman–Crippen MR) is 111 cm³/mol. The van der Waals surface area contributed by atoms with Crippen molar-refractivity contribution in [3.05, 3.63) is 28.7 Å². The summed E-state index contributed by atoms with van der Waals surface area (Å²) < 4.78 is 43.5. The van der Waals surface area contributed by atoms with Crippen LogP contribution in [0.2, 0.25) is 5.02 Å². The van der Waals surface area contributed by atoms with E-state index in [1.165, 1.54) is 18.9 Å². The molecule has 1 N–H and O–H groups in total. The van der Waals surface area contributed by atoms with Crippen molar-refractivity contribution in [3.8, 4) is 5.88 Å². The Morgan fingerprint density at radius 2 is 2.10 bits per heavy atom. The predicted octanol–water partition coefficient (Wildman–Crippen LogP) is 4.47. The highest BCUT2D eigenvalue weighted by Crippen LogP contribution is 2.33. The molecule has 2 aromatic heterocycles.